The van der Waals surface area contributed by atoms with Crippen LogP contribution in [0.3, 0.4) is 0 Å². The number of hydrogen-bond acceptors (Lipinski definition) is 5. The highest BCUT2D eigenvalue weighted by Crippen LogP contribution is 2.48. The molecule has 0 spiro atoms. The second-order valence-corrected chi connectivity index (χ2v) is 9.51. The quantitative estimate of drug-likeness (QED) is 0.437. The highest BCUT2D eigenvalue weighted by molar-refractivity contribution is 5.55. The second-order valence-electron chi connectivity index (χ2n) is 9.51. The fourth-order valence-corrected chi connectivity index (χ4v) is 5.72. The normalized spacial score (nSPS) is 20.3. The first-order valence-electron chi connectivity index (χ1n) is 12.3. The summed E-state index contributed by atoms with van der Waals surface area (Å²) < 4.78 is 47.2. The van der Waals surface area contributed by atoms with Crippen LogP contribution in [-0.4, -0.2) is 45.3 Å². The molecule has 0 bridgehead atoms. The molecule has 2 aliphatic heterocycles. The van der Waals surface area contributed by atoms with Gasteiger partial charge in [-0.2, -0.15) is 0 Å². The van der Waals surface area contributed by atoms with Gasteiger partial charge in [0.1, 0.15) is 23.1 Å². The van der Waals surface area contributed by atoms with Crippen LogP contribution in [0.2, 0.25) is 0 Å². The van der Waals surface area contributed by atoms with Gasteiger partial charge in [-0.1, -0.05) is 30.3 Å². The second kappa shape index (κ2) is 10.4. The lowest BCUT2D eigenvalue weighted by molar-refractivity contribution is -0.141. The van der Waals surface area contributed by atoms with E-state index in [2.05, 4.69) is 4.90 Å². The highest BCUT2D eigenvalue weighted by Gasteiger charge is 2.36. The zero-order chi connectivity index (χ0) is 25.2. The largest absolute Gasteiger partial charge is 0.508 e. The number of nitrogens with zero attached hydrogens (tertiary/aromatic N) is 1. The first kappa shape index (κ1) is 24.5. The number of phenolic OH excluding ortho intramolecular Hbond substituents is 1. The molecule has 0 saturated carbocycles. The van der Waals surface area contributed by atoms with Crippen LogP contribution in [0.1, 0.15) is 41.4 Å². The third-order valence-electron chi connectivity index (χ3n) is 7.52. The Kier molecular flexibility index (Phi) is 7.12. The van der Waals surface area contributed by atoms with E-state index in [1.807, 2.05) is 12.1 Å². The van der Waals surface area contributed by atoms with Crippen molar-refractivity contribution in [3.63, 3.8) is 0 Å². The smallest absolute Gasteiger partial charge is 0.159 e. The number of methoxy groups -OCH3 is 2. The number of anilines is 1. The maximum Gasteiger partial charge on any atom is 0.159 e. The molecule has 2 atom stereocenters. The molecule has 5 nitrogen and oxygen atoms in total. The molecule has 0 unspecified atom stereocenters. The predicted octanol–water partition coefficient (Wildman–Crippen LogP) is 5.81. The van der Waals surface area contributed by atoms with Gasteiger partial charge >= 0.3 is 0 Å². The predicted molar refractivity (Wildman–Crippen MR) is 134 cm³/mol. The molecule has 0 aliphatic carbocycles. The third-order valence-corrected chi connectivity index (χ3v) is 7.52. The number of ether oxygens (including phenoxy) is 3. The molecule has 190 valence electrons. The minimum Gasteiger partial charge on any atom is -0.508 e. The van der Waals surface area contributed by atoms with E-state index in [4.69, 9.17) is 14.2 Å². The first-order chi connectivity index (χ1) is 17.5. The minimum absolute atomic E-state index is 0.0888. The maximum absolute atomic E-state index is 15.6. The molecule has 3 aromatic carbocycles. The molecule has 0 amide bonds. The number of rotatable bonds is 6. The fraction of sp³-hybridized carbons (Fsp3) is 0.379. The van der Waals surface area contributed by atoms with Crippen molar-refractivity contribution in [2.45, 2.75) is 31.0 Å². The monoisotopic (exact) mass is 495 g/mol. The highest BCUT2D eigenvalue weighted by atomic mass is 19.1. The van der Waals surface area contributed by atoms with Gasteiger partial charge in [0.2, 0.25) is 0 Å². The SMILES string of the molecule is COC(OC)C1CCN(c2ccc([C@H]3c4ccc(O)cc4OC[C@H]3c3ccccc3F)cc2F)CC1. The Labute approximate surface area is 210 Å². The van der Waals surface area contributed by atoms with E-state index in [9.17, 15) is 9.50 Å². The van der Waals surface area contributed by atoms with Crippen LogP contribution in [0.5, 0.6) is 11.5 Å². The molecular weight excluding hydrogens is 464 g/mol. The number of benzene rings is 3. The van der Waals surface area contributed by atoms with Crippen LogP contribution in [-0.2, 0) is 9.47 Å². The van der Waals surface area contributed by atoms with Crippen molar-refractivity contribution < 1.29 is 28.1 Å². The molecule has 0 aromatic heterocycles. The Bertz CT molecular complexity index is 1210. The number of fused-ring (bicyclic) bond motifs is 1. The van der Waals surface area contributed by atoms with Gasteiger partial charge in [0, 0.05) is 56.7 Å². The lowest BCUT2D eigenvalue weighted by Gasteiger charge is -2.37. The van der Waals surface area contributed by atoms with Crippen molar-refractivity contribution in [1.82, 2.24) is 0 Å². The Balaban J connectivity index is 1.46. The van der Waals surface area contributed by atoms with Crippen molar-refractivity contribution in [1.29, 1.82) is 0 Å². The van der Waals surface area contributed by atoms with Gasteiger partial charge in [0.15, 0.2) is 6.29 Å². The molecule has 1 saturated heterocycles. The molecule has 3 aromatic rings. The van der Waals surface area contributed by atoms with Gasteiger partial charge in [0.05, 0.1) is 12.3 Å². The molecule has 7 heteroatoms. The first-order valence-corrected chi connectivity index (χ1v) is 12.3. The van der Waals surface area contributed by atoms with E-state index in [1.165, 1.54) is 6.07 Å². The fourth-order valence-electron chi connectivity index (χ4n) is 5.72. The van der Waals surface area contributed by atoms with Crippen LogP contribution >= 0.6 is 0 Å². The zero-order valence-corrected chi connectivity index (χ0v) is 20.5. The van der Waals surface area contributed by atoms with Crippen LogP contribution in [0.25, 0.3) is 0 Å². The number of aromatic hydroxyl groups is 1. The van der Waals surface area contributed by atoms with Crippen LogP contribution < -0.4 is 9.64 Å². The summed E-state index contributed by atoms with van der Waals surface area (Å²) in [6.45, 7) is 1.64. The summed E-state index contributed by atoms with van der Waals surface area (Å²) in [7, 11) is 3.28. The van der Waals surface area contributed by atoms with E-state index in [1.54, 1.807) is 56.7 Å². The molecular formula is C29H31F2NO4. The maximum atomic E-state index is 15.6. The molecule has 2 aliphatic rings. The summed E-state index contributed by atoms with van der Waals surface area (Å²) in [6, 6.07) is 16.9. The molecule has 1 N–H and O–H groups in total. The Hall–Kier alpha value is -3.16. The van der Waals surface area contributed by atoms with Crippen molar-refractivity contribution in [3.8, 4) is 11.5 Å². The molecule has 0 radical (unpaired) electrons. The van der Waals surface area contributed by atoms with E-state index >= 15 is 4.39 Å². The third kappa shape index (κ3) is 4.65. The summed E-state index contributed by atoms with van der Waals surface area (Å²) in [5.41, 5.74) is 2.63. The lowest BCUT2D eigenvalue weighted by Crippen LogP contribution is -2.39. The Morgan fingerprint density at radius 1 is 0.917 bits per heavy atom. The molecule has 2 heterocycles. The van der Waals surface area contributed by atoms with Gasteiger partial charge in [-0.3, -0.25) is 0 Å². The number of piperidine rings is 1. The lowest BCUT2D eigenvalue weighted by atomic mass is 9.75. The summed E-state index contributed by atoms with van der Waals surface area (Å²) in [4.78, 5) is 2.06. The average molecular weight is 496 g/mol. The summed E-state index contributed by atoms with van der Waals surface area (Å²) in [5, 5.41) is 9.96. The van der Waals surface area contributed by atoms with Crippen LogP contribution in [0, 0.1) is 17.6 Å². The Morgan fingerprint density at radius 2 is 1.67 bits per heavy atom. The van der Waals surface area contributed by atoms with Gasteiger partial charge in [-0.15, -0.1) is 0 Å². The van der Waals surface area contributed by atoms with E-state index in [0.29, 0.717) is 30.1 Å². The summed E-state index contributed by atoms with van der Waals surface area (Å²) in [5.74, 6) is -0.399. The van der Waals surface area contributed by atoms with Crippen LogP contribution in [0.15, 0.2) is 60.7 Å². The van der Waals surface area contributed by atoms with E-state index < -0.39 is 0 Å². The molecule has 1 fully saturated rings. The zero-order valence-electron chi connectivity index (χ0n) is 20.5. The number of phenols is 1. The summed E-state index contributed by atoms with van der Waals surface area (Å²) in [6.07, 6.45) is 1.45. The van der Waals surface area contributed by atoms with Crippen molar-refractivity contribution in [2.24, 2.45) is 5.92 Å². The standard InChI is InChI=1S/C29H31F2NO4/c1-34-29(35-2)18-11-13-32(14-12-18)26-10-7-19(15-25(26)31)28-22-9-8-20(33)16-27(22)36-17-23(28)21-5-3-4-6-24(21)30/h3-10,15-16,18,23,28-29,33H,11-14,17H2,1-2H3/t23-,28-/m0/s1. The minimum atomic E-state index is -0.343. The van der Waals surface area contributed by atoms with Gasteiger partial charge in [0.25, 0.3) is 0 Å². The Morgan fingerprint density at radius 3 is 2.36 bits per heavy atom. The van der Waals surface area contributed by atoms with Crippen molar-refractivity contribution >= 4 is 5.69 Å². The molecule has 5 rings (SSSR count). The number of hydrogen-bond donors (Lipinski definition) is 1. The van der Waals surface area contributed by atoms with Crippen molar-refractivity contribution in [3.05, 3.63) is 89.0 Å². The van der Waals surface area contributed by atoms with Gasteiger partial charge < -0.3 is 24.2 Å². The van der Waals surface area contributed by atoms with E-state index in [-0.39, 0.29) is 48.0 Å². The van der Waals surface area contributed by atoms with Crippen LogP contribution in [0.4, 0.5) is 14.5 Å². The van der Waals surface area contributed by atoms with Crippen molar-refractivity contribution in [2.75, 3.05) is 38.8 Å². The number of halogens is 2. The summed E-state index contributed by atoms with van der Waals surface area (Å²) >= 11 is 0. The average Bonchev–Trinajstić information content (AvgIpc) is 2.89. The van der Waals surface area contributed by atoms with Gasteiger partial charge in [-0.25, -0.2) is 8.78 Å². The van der Waals surface area contributed by atoms with E-state index in [0.717, 1.165) is 24.0 Å². The molecule has 36 heavy (non-hydrogen) atoms. The topological polar surface area (TPSA) is 51.2 Å². The van der Waals surface area contributed by atoms with Gasteiger partial charge in [-0.05, 0) is 48.2 Å².